The molecule has 0 aliphatic heterocycles. The maximum atomic E-state index is 5.98. The predicted molar refractivity (Wildman–Crippen MR) is 118 cm³/mol. The van der Waals surface area contributed by atoms with Gasteiger partial charge in [0, 0.05) is 11.5 Å². The average Bonchev–Trinajstić information content (AvgIpc) is 2.70. The van der Waals surface area contributed by atoms with Crippen LogP contribution in [0.25, 0.3) is 5.57 Å². The van der Waals surface area contributed by atoms with Gasteiger partial charge in [0.05, 0.1) is 4.99 Å². The molecule has 0 bridgehead atoms. The first-order valence-electron chi connectivity index (χ1n) is 10.3. The fraction of sp³-hybridized carbons (Fsp3) is 0.609. The Morgan fingerprint density at radius 3 is 2.27 bits per heavy atom. The summed E-state index contributed by atoms with van der Waals surface area (Å²) >= 11 is 5.98. The van der Waals surface area contributed by atoms with E-state index in [-0.39, 0.29) is 5.41 Å². The molecular formula is C23H36N2S. The minimum atomic E-state index is 0.0394. The van der Waals surface area contributed by atoms with Crippen LogP contribution in [0.1, 0.15) is 71.3 Å². The molecule has 0 saturated heterocycles. The lowest BCUT2D eigenvalue weighted by Crippen LogP contribution is -2.45. The van der Waals surface area contributed by atoms with Crippen LogP contribution in [0.4, 0.5) is 0 Å². The SMILES string of the molecule is C/C=C(/CC(CC)(CC)C(=S)N[C@H]1CC[C@H](CN)CC1)c1ccccc1. The topological polar surface area (TPSA) is 38.0 Å². The molecule has 0 spiro atoms. The molecule has 2 nitrogen and oxygen atoms in total. The zero-order chi connectivity index (χ0) is 19.0. The van der Waals surface area contributed by atoms with E-state index < -0.39 is 0 Å². The van der Waals surface area contributed by atoms with Gasteiger partial charge in [-0.25, -0.2) is 0 Å². The Hall–Kier alpha value is -1.19. The number of nitrogens with two attached hydrogens (primary N) is 1. The van der Waals surface area contributed by atoms with Crippen molar-refractivity contribution in [3.05, 3.63) is 42.0 Å². The van der Waals surface area contributed by atoms with Crippen molar-refractivity contribution < 1.29 is 0 Å². The Balaban J connectivity index is 2.09. The number of benzene rings is 1. The van der Waals surface area contributed by atoms with Gasteiger partial charge in [-0.15, -0.1) is 0 Å². The predicted octanol–water partition coefficient (Wildman–Crippen LogP) is 5.72. The van der Waals surface area contributed by atoms with Crippen LogP contribution < -0.4 is 11.1 Å². The van der Waals surface area contributed by atoms with Gasteiger partial charge in [0.15, 0.2) is 0 Å². The Bertz CT molecular complexity index is 581. The van der Waals surface area contributed by atoms with Gasteiger partial charge in [-0.1, -0.05) is 62.5 Å². The van der Waals surface area contributed by atoms with Crippen LogP contribution in [0.15, 0.2) is 36.4 Å². The molecule has 0 unspecified atom stereocenters. The van der Waals surface area contributed by atoms with Gasteiger partial charge in [-0.3, -0.25) is 0 Å². The van der Waals surface area contributed by atoms with Crippen molar-refractivity contribution in [1.82, 2.24) is 5.32 Å². The van der Waals surface area contributed by atoms with E-state index in [4.69, 9.17) is 18.0 Å². The van der Waals surface area contributed by atoms with Gasteiger partial charge in [0.1, 0.15) is 0 Å². The van der Waals surface area contributed by atoms with Crippen LogP contribution in [0.5, 0.6) is 0 Å². The molecule has 1 aliphatic rings. The number of hydrogen-bond donors (Lipinski definition) is 2. The highest BCUT2D eigenvalue weighted by Gasteiger charge is 2.34. The minimum Gasteiger partial charge on any atom is -0.376 e. The van der Waals surface area contributed by atoms with Gasteiger partial charge >= 0.3 is 0 Å². The summed E-state index contributed by atoms with van der Waals surface area (Å²) in [5, 5.41) is 3.75. The molecule has 2 rings (SSSR count). The van der Waals surface area contributed by atoms with E-state index >= 15 is 0 Å². The Kier molecular flexibility index (Phi) is 8.30. The van der Waals surface area contributed by atoms with Gasteiger partial charge < -0.3 is 11.1 Å². The summed E-state index contributed by atoms with van der Waals surface area (Å²) in [6.07, 6.45) is 10.2. The van der Waals surface area contributed by atoms with E-state index in [0.29, 0.717) is 12.0 Å². The second kappa shape index (κ2) is 10.2. The van der Waals surface area contributed by atoms with Gasteiger partial charge in [-0.05, 0) is 75.5 Å². The van der Waals surface area contributed by atoms with Crippen molar-refractivity contribution in [3.63, 3.8) is 0 Å². The summed E-state index contributed by atoms with van der Waals surface area (Å²) in [4.78, 5) is 1.06. The van der Waals surface area contributed by atoms with Crippen LogP contribution in [0.3, 0.4) is 0 Å². The molecular weight excluding hydrogens is 336 g/mol. The van der Waals surface area contributed by atoms with E-state index in [0.717, 1.165) is 30.8 Å². The monoisotopic (exact) mass is 372 g/mol. The van der Waals surface area contributed by atoms with Crippen molar-refractivity contribution in [3.8, 4) is 0 Å². The lowest BCUT2D eigenvalue weighted by atomic mass is 9.74. The summed E-state index contributed by atoms with van der Waals surface area (Å²) in [5.41, 5.74) is 8.58. The molecule has 1 aromatic carbocycles. The van der Waals surface area contributed by atoms with E-state index in [1.54, 1.807) is 0 Å². The van der Waals surface area contributed by atoms with Crippen molar-refractivity contribution in [2.24, 2.45) is 17.1 Å². The summed E-state index contributed by atoms with van der Waals surface area (Å²) < 4.78 is 0. The van der Waals surface area contributed by atoms with E-state index in [9.17, 15) is 0 Å². The van der Waals surface area contributed by atoms with Gasteiger partial charge in [-0.2, -0.15) is 0 Å². The first-order chi connectivity index (χ1) is 12.6. The smallest absolute Gasteiger partial charge is 0.0821 e. The van der Waals surface area contributed by atoms with Crippen LogP contribution in [0, 0.1) is 11.3 Å². The van der Waals surface area contributed by atoms with Crippen LogP contribution >= 0.6 is 12.2 Å². The highest BCUT2D eigenvalue weighted by molar-refractivity contribution is 7.80. The molecule has 0 amide bonds. The van der Waals surface area contributed by atoms with Crippen molar-refractivity contribution in [2.75, 3.05) is 6.54 Å². The fourth-order valence-corrected chi connectivity index (χ4v) is 4.70. The Morgan fingerprint density at radius 1 is 1.15 bits per heavy atom. The maximum absolute atomic E-state index is 5.98. The fourth-order valence-electron chi connectivity index (χ4n) is 4.17. The van der Waals surface area contributed by atoms with E-state index in [1.165, 1.54) is 36.8 Å². The molecule has 26 heavy (non-hydrogen) atoms. The third-order valence-corrected chi connectivity index (χ3v) is 6.92. The normalized spacial score (nSPS) is 21.5. The van der Waals surface area contributed by atoms with Crippen molar-refractivity contribution in [1.29, 1.82) is 0 Å². The largest absolute Gasteiger partial charge is 0.376 e. The highest BCUT2D eigenvalue weighted by atomic mass is 32.1. The molecule has 3 heteroatoms. The molecule has 0 radical (unpaired) electrons. The zero-order valence-electron chi connectivity index (χ0n) is 16.8. The molecule has 144 valence electrons. The molecule has 1 saturated carbocycles. The standard InChI is InChI=1S/C23H36N2S/c1-4-19(20-10-8-7-9-11-20)16-23(5-2,6-3)22(26)25-21-14-12-18(17-24)13-15-21/h4,7-11,18,21H,5-6,12-17,24H2,1-3H3,(H,25,26)/b19-4-/t18-,21-. The lowest BCUT2D eigenvalue weighted by Gasteiger charge is -2.38. The lowest BCUT2D eigenvalue weighted by molar-refractivity contribution is 0.307. The molecule has 1 aliphatic carbocycles. The second-order valence-electron chi connectivity index (χ2n) is 7.77. The summed E-state index contributed by atoms with van der Waals surface area (Å²) in [6.45, 7) is 7.53. The first kappa shape index (κ1) is 21.1. The molecule has 1 aromatic rings. The first-order valence-corrected chi connectivity index (χ1v) is 10.7. The maximum Gasteiger partial charge on any atom is 0.0821 e. The Morgan fingerprint density at radius 2 is 1.77 bits per heavy atom. The van der Waals surface area contributed by atoms with Gasteiger partial charge in [0.25, 0.3) is 0 Å². The quantitative estimate of drug-likeness (QED) is 0.573. The third-order valence-electron chi connectivity index (χ3n) is 6.37. The van der Waals surface area contributed by atoms with E-state index in [2.05, 4.69) is 62.5 Å². The van der Waals surface area contributed by atoms with E-state index in [1.807, 2.05) is 0 Å². The summed E-state index contributed by atoms with van der Waals surface area (Å²) in [6, 6.07) is 11.2. The zero-order valence-corrected chi connectivity index (χ0v) is 17.6. The summed E-state index contributed by atoms with van der Waals surface area (Å²) in [7, 11) is 0. The summed E-state index contributed by atoms with van der Waals surface area (Å²) in [5.74, 6) is 0.705. The highest BCUT2D eigenvalue weighted by Crippen LogP contribution is 2.39. The average molecular weight is 373 g/mol. The number of nitrogens with one attached hydrogen (secondary N) is 1. The van der Waals surface area contributed by atoms with Gasteiger partial charge in [0.2, 0.25) is 0 Å². The third kappa shape index (κ3) is 5.17. The van der Waals surface area contributed by atoms with Crippen LogP contribution in [-0.2, 0) is 0 Å². The number of allylic oxidation sites excluding steroid dienone is 2. The van der Waals surface area contributed by atoms with Crippen LogP contribution in [-0.4, -0.2) is 17.6 Å². The van der Waals surface area contributed by atoms with Crippen LogP contribution in [0.2, 0.25) is 0 Å². The molecule has 0 heterocycles. The number of rotatable bonds is 8. The Labute approximate surface area is 165 Å². The minimum absolute atomic E-state index is 0.0394. The molecule has 0 aromatic heterocycles. The number of hydrogen-bond acceptors (Lipinski definition) is 2. The number of thiocarbonyl (C=S) groups is 1. The molecule has 1 fully saturated rings. The van der Waals surface area contributed by atoms with Crippen molar-refractivity contribution >= 4 is 22.8 Å². The molecule has 3 N–H and O–H groups in total. The molecule has 0 atom stereocenters. The van der Waals surface area contributed by atoms with Crippen molar-refractivity contribution in [2.45, 2.75) is 71.8 Å². The second-order valence-corrected chi connectivity index (χ2v) is 8.18.